The molecule has 146 valence electrons. The number of nitrogens with zero attached hydrogens (tertiary/aromatic N) is 2. The summed E-state index contributed by atoms with van der Waals surface area (Å²) in [7, 11) is 0. The predicted molar refractivity (Wildman–Crippen MR) is 120 cm³/mol. The third-order valence-corrected chi connectivity index (χ3v) is 4.05. The van der Waals surface area contributed by atoms with Crippen molar-refractivity contribution >= 4 is 35.8 Å². The summed E-state index contributed by atoms with van der Waals surface area (Å²) < 4.78 is 0. The van der Waals surface area contributed by atoms with Crippen LogP contribution in [0.15, 0.2) is 53.7 Å². The Morgan fingerprint density at radius 1 is 1.22 bits per heavy atom. The van der Waals surface area contributed by atoms with E-state index in [2.05, 4.69) is 20.6 Å². The van der Waals surface area contributed by atoms with Gasteiger partial charge in [0, 0.05) is 36.5 Å². The third kappa shape index (κ3) is 8.38. The van der Waals surface area contributed by atoms with E-state index in [0.717, 1.165) is 24.1 Å². The number of hydrogen-bond donors (Lipinski definition) is 3. The van der Waals surface area contributed by atoms with Crippen LogP contribution in [0.5, 0.6) is 0 Å². The van der Waals surface area contributed by atoms with E-state index < -0.39 is 0 Å². The molecule has 1 atom stereocenters. The molecule has 0 fully saturated rings. The van der Waals surface area contributed by atoms with Crippen molar-refractivity contribution < 1.29 is 4.79 Å². The number of carbonyl (C=O) groups excluding carboxylic acids is 1. The Kier molecular flexibility index (Phi) is 10.4. The molecule has 0 saturated carbocycles. The summed E-state index contributed by atoms with van der Waals surface area (Å²) in [6.07, 6.45) is 3.47. The highest BCUT2D eigenvalue weighted by Crippen LogP contribution is 2.06. The van der Waals surface area contributed by atoms with Crippen LogP contribution >= 0.6 is 24.0 Å². The number of amides is 1. The summed E-state index contributed by atoms with van der Waals surface area (Å²) in [6.45, 7) is 5.18. The van der Waals surface area contributed by atoms with Crippen LogP contribution in [0, 0.1) is 0 Å². The Morgan fingerprint density at radius 2 is 1.96 bits per heavy atom. The van der Waals surface area contributed by atoms with Gasteiger partial charge in [0.15, 0.2) is 5.96 Å². The third-order valence-electron chi connectivity index (χ3n) is 4.05. The Balaban J connectivity index is 0.00000364. The van der Waals surface area contributed by atoms with Crippen molar-refractivity contribution in [1.82, 2.24) is 15.6 Å². The number of guanidine groups is 1. The van der Waals surface area contributed by atoms with Crippen molar-refractivity contribution in [2.24, 2.45) is 10.7 Å². The molecule has 4 N–H and O–H groups in total. The maximum atomic E-state index is 12.1. The van der Waals surface area contributed by atoms with Crippen LogP contribution in [0.3, 0.4) is 0 Å². The minimum Gasteiger partial charge on any atom is -0.370 e. The number of aromatic nitrogens is 1. The van der Waals surface area contributed by atoms with E-state index in [-0.39, 0.29) is 35.9 Å². The van der Waals surface area contributed by atoms with Crippen molar-refractivity contribution in [3.05, 3.63) is 65.5 Å². The number of pyridine rings is 1. The van der Waals surface area contributed by atoms with Gasteiger partial charge in [0.25, 0.3) is 5.91 Å². The molecule has 0 aliphatic heterocycles. The number of nitrogens with two attached hydrogens (primary N) is 1. The van der Waals surface area contributed by atoms with E-state index in [1.807, 2.05) is 56.3 Å². The van der Waals surface area contributed by atoms with Gasteiger partial charge in [-0.1, -0.05) is 25.1 Å². The first-order chi connectivity index (χ1) is 12.6. The van der Waals surface area contributed by atoms with Crippen molar-refractivity contribution in [2.75, 3.05) is 6.54 Å². The molecule has 1 heterocycles. The maximum absolute atomic E-state index is 12.1. The van der Waals surface area contributed by atoms with E-state index in [0.29, 0.717) is 24.6 Å². The average molecular weight is 481 g/mol. The monoisotopic (exact) mass is 481 g/mol. The predicted octanol–water partition coefficient (Wildman–Crippen LogP) is 2.87. The zero-order chi connectivity index (χ0) is 18.8. The highest BCUT2D eigenvalue weighted by Gasteiger charge is 2.08. The fourth-order valence-electron chi connectivity index (χ4n) is 2.27. The van der Waals surface area contributed by atoms with Gasteiger partial charge in [0.2, 0.25) is 0 Å². The average Bonchev–Trinajstić information content (AvgIpc) is 2.67. The smallest absolute Gasteiger partial charge is 0.251 e. The molecular weight excluding hydrogens is 453 g/mol. The van der Waals surface area contributed by atoms with Gasteiger partial charge in [0.05, 0.1) is 6.54 Å². The van der Waals surface area contributed by atoms with Crippen LogP contribution in [0.25, 0.3) is 0 Å². The fraction of sp³-hybridized carbons (Fsp3) is 0.350. The number of hydrogen-bond acceptors (Lipinski definition) is 3. The first kappa shape index (κ1) is 22.9. The quantitative estimate of drug-likeness (QED) is 0.307. The van der Waals surface area contributed by atoms with Crippen molar-refractivity contribution in [3.8, 4) is 0 Å². The van der Waals surface area contributed by atoms with E-state index in [9.17, 15) is 4.79 Å². The highest BCUT2D eigenvalue weighted by molar-refractivity contribution is 14.0. The molecule has 1 unspecified atom stereocenters. The second-order valence-electron chi connectivity index (χ2n) is 6.18. The Bertz CT molecular complexity index is 719. The van der Waals surface area contributed by atoms with Crippen molar-refractivity contribution in [3.63, 3.8) is 0 Å². The second-order valence-corrected chi connectivity index (χ2v) is 6.18. The molecule has 0 aliphatic carbocycles. The lowest BCUT2D eigenvalue weighted by Crippen LogP contribution is -2.33. The van der Waals surface area contributed by atoms with E-state index in [1.165, 1.54) is 0 Å². The lowest BCUT2D eigenvalue weighted by atomic mass is 10.1. The van der Waals surface area contributed by atoms with Crippen LogP contribution < -0.4 is 16.4 Å². The number of benzene rings is 1. The Morgan fingerprint density at radius 3 is 2.59 bits per heavy atom. The molecule has 2 aromatic rings. The zero-order valence-corrected chi connectivity index (χ0v) is 18.1. The lowest BCUT2D eigenvalue weighted by Gasteiger charge is -2.11. The van der Waals surface area contributed by atoms with Gasteiger partial charge in [-0.05, 0) is 43.2 Å². The first-order valence-corrected chi connectivity index (χ1v) is 8.92. The van der Waals surface area contributed by atoms with E-state index in [1.54, 1.807) is 6.20 Å². The summed E-state index contributed by atoms with van der Waals surface area (Å²) in [5, 5.41) is 6.03. The Labute approximate surface area is 178 Å². The molecule has 0 bridgehead atoms. The highest BCUT2D eigenvalue weighted by atomic mass is 127. The summed E-state index contributed by atoms with van der Waals surface area (Å²) in [5.41, 5.74) is 8.55. The van der Waals surface area contributed by atoms with Gasteiger partial charge < -0.3 is 16.4 Å². The molecule has 1 amide bonds. The van der Waals surface area contributed by atoms with Crippen LogP contribution in [0.2, 0.25) is 0 Å². The van der Waals surface area contributed by atoms with Gasteiger partial charge in [0.1, 0.15) is 0 Å². The number of halogens is 1. The normalized spacial score (nSPS) is 12.0. The molecule has 0 aliphatic rings. The zero-order valence-electron chi connectivity index (χ0n) is 15.8. The number of nitrogens with one attached hydrogen (secondary N) is 2. The lowest BCUT2D eigenvalue weighted by molar-refractivity contribution is 0.0939. The minimum absolute atomic E-state index is 0. The summed E-state index contributed by atoms with van der Waals surface area (Å²) in [6, 6.07) is 13.4. The fourth-order valence-corrected chi connectivity index (χ4v) is 2.27. The number of carbonyl (C=O) groups is 1. The van der Waals surface area contributed by atoms with Crippen LogP contribution in [0.4, 0.5) is 0 Å². The number of rotatable bonds is 8. The minimum atomic E-state index is -0.0508. The van der Waals surface area contributed by atoms with Crippen molar-refractivity contribution in [2.45, 2.75) is 39.3 Å². The topological polar surface area (TPSA) is 92.4 Å². The van der Waals surface area contributed by atoms with Gasteiger partial charge in [-0.2, -0.15) is 0 Å². The van der Waals surface area contributed by atoms with E-state index in [4.69, 9.17) is 5.73 Å². The van der Waals surface area contributed by atoms with Crippen LogP contribution in [-0.2, 0) is 13.0 Å². The van der Waals surface area contributed by atoms with Gasteiger partial charge >= 0.3 is 0 Å². The molecule has 27 heavy (non-hydrogen) atoms. The van der Waals surface area contributed by atoms with Crippen LogP contribution in [-0.4, -0.2) is 29.4 Å². The SMILES string of the molecule is CCC(C)NC(=O)c1ccc(CN=C(N)NCCc2ccccn2)cc1.I. The molecule has 2 rings (SSSR count). The molecule has 1 aromatic carbocycles. The maximum Gasteiger partial charge on any atom is 0.251 e. The van der Waals surface area contributed by atoms with E-state index >= 15 is 0 Å². The Hall–Kier alpha value is -2.16. The molecule has 7 heteroatoms. The molecule has 0 spiro atoms. The second kappa shape index (κ2) is 12.3. The largest absolute Gasteiger partial charge is 0.370 e. The molecule has 1 aromatic heterocycles. The molecule has 0 saturated heterocycles. The standard InChI is InChI=1S/C20H27N5O.HI/c1-3-15(2)25-19(26)17-9-7-16(8-10-17)14-24-20(21)23-13-11-18-6-4-5-12-22-18;/h4-10,12,15H,3,11,13-14H2,1-2H3,(H,25,26)(H3,21,23,24);1H. The van der Waals surface area contributed by atoms with Gasteiger partial charge in [-0.15, -0.1) is 24.0 Å². The summed E-state index contributed by atoms with van der Waals surface area (Å²) in [4.78, 5) is 20.6. The van der Waals surface area contributed by atoms with Gasteiger partial charge in [-0.3, -0.25) is 9.78 Å². The first-order valence-electron chi connectivity index (χ1n) is 8.92. The molecule has 0 radical (unpaired) electrons. The van der Waals surface area contributed by atoms with Crippen LogP contribution in [0.1, 0.15) is 41.9 Å². The molecular formula is C20H28IN5O. The number of aliphatic imine (C=N–C) groups is 1. The van der Waals surface area contributed by atoms with Gasteiger partial charge in [-0.25, -0.2) is 4.99 Å². The summed E-state index contributed by atoms with van der Waals surface area (Å²) >= 11 is 0. The summed E-state index contributed by atoms with van der Waals surface area (Å²) in [5.74, 6) is 0.352. The van der Waals surface area contributed by atoms with Crippen molar-refractivity contribution in [1.29, 1.82) is 0 Å². The molecule has 6 nitrogen and oxygen atoms in total.